The van der Waals surface area contributed by atoms with Gasteiger partial charge in [0.2, 0.25) is 0 Å². The lowest BCUT2D eigenvalue weighted by atomic mass is 10.2. The molecular formula is C26H19N3S4. The van der Waals surface area contributed by atoms with E-state index in [9.17, 15) is 5.26 Å². The van der Waals surface area contributed by atoms with E-state index in [-0.39, 0.29) is 5.82 Å². The van der Waals surface area contributed by atoms with Crippen LogP contribution in [0.2, 0.25) is 0 Å². The summed E-state index contributed by atoms with van der Waals surface area (Å²) in [4.78, 5) is 6.77. The van der Waals surface area contributed by atoms with Crippen LogP contribution in [-0.2, 0) is 12.8 Å². The van der Waals surface area contributed by atoms with Crippen molar-refractivity contribution in [2.75, 3.05) is 0 Å². The van der Waals surface area contributed by atoms with Crippen LogP contribution in [0.1, 0.15) is 31.9 Å². The van der Waals surface area contributed by atoms with E-state index in [4.69, 9.17) is 13.1 Å². The Hall–Kier alpha value is -2.99. The fourth-order valence-corrected chi connectivity index (χ4v) is 8.25. The van der Waals surface area contributed by atoms with E-state index in [2.05, 4.69) is 59.9 Å². The molecule has 3 nitrogen and oxygen atoms in total. The molecule has 162 valence electrons. The molecular weight excluding hydrogens is 483 g/mol. The van der Waals surface area contributed by atoms with Crippen LogP contribution >= 0.6 is 45.3 Å². The van der Waals surface area contributed by atoms with Crippen molar-refractivity contribution in [3.8, 4) is 6.07 Å². The third-order valence-electron chi connectivity index (χ3n) is 5.25. The zero-order valence-corrected chi connectivity index (χ0v) is 21.6. The molecule has 4 aromatic heterocycles. The minimum atomic E-state index is 0.145. The van der Waals surface area contributed by atoms with E-state index < -0.39 is 0 Å². The van der Waals surface area contributed by atoms with Crippen molar-refractivity contribution in [1.29, 1.82) is 5.26 Å². The second kappa shape index (κ2) is 9.87. The summed E-state index contributed by atoms with van der Waals surface area (Å²) in [6.07, 6.45) is 1.81. The van der Waals surface area contributed by atoms with Gasteiger partial charge in [0.25, 0.3) is 0 Å². The van der Waals surface area contributed by atoms with E-state index in [1.165, 1.54) is 45.1 Å². The first-order valence-corrected chi connectivity index (χ1v) is 13.6. The Morgan fingerprint density at radius 1 is 0.788 bits per heavy atom. The minimum absolute atomic E-state index is 0.145. The molecule has 0 radical (unpaired) electrons. The maximum Gasteiger partial charge on any atom is 0.536 e. The second-order valence-electron chi connectivity index (χ2n) is 7.25. The highest BCUT2D eigenvalue weighted by molar-refractivity contribution is 7.14. The molecule has 0 aliphatic heterocycles. The molecule has 0 bridgehead atoms. The molecule has 0 N–H and O–H groups in total. The highest BCUT2D eigenvalue weighted by Crippen LogP contribution is 2.19. The van der Waals surface area contributed by atoms with Crippen LogP contribution in [0, 0.1) is 51.7 Å². The lowest BCUT2D eigenvalue weighted by molar-refractivity contribution is 1.14. The van der Waals surface area contributed by atoms with Gasteiger partial charge >= 0.3 is 5.82 Å². The molecule has 0 aliphatic rings. The highest BCUT2D eigenvalue weighted by Gasteiger charge is 2.09. The topological polar surface area (TPSA) is 32.5 Å². The van der Waals surface area contributed by atoms with Crippen LogP contribution in [0.15, 0.2) is 36.4 Å². The molecule has 0 saturated heterocycles. The maximum atomic E-state index is 9.27. The summed E-state index contributed by atoms with van der Waals surface area (Å²) in [7, 11) is 0. The highest BCUT2D eigenvalue weighted by atomic mass is 32.1. The van der Waals surface area contributed by atoms with Gasteiger partial charge < -0.3 is 0 Å². The van der Waals surface area contributed by atoms with Crippen molar-refractivity contribution in [1.82, 2.24) is 0 Å². The average molecular weight is 502 g/mol. The quantitative estimate of drug-likeness (QED) is 0.288. The van der Waals surface area contributed by atoms with Crippen LogP contribution in [0.4, 0.5) is 0 Å². The molecule has 4 heterocycles. The standard InChI is InChI=1S/C26H19N3S4/c1-6-16-12-22(15(3)14-27)32-24(16)20-10-8-18(30-20)19-9-11-21(31-19)25-17(7-2)13-23(33-25)26(28-4)29-5/h8-13H,6-7H2,1-3H3/b19-18+,22-15-,24-20+,25-21+. The zero-order valence-electron chi connectivity index (χ0n) is 18.4. The van der Waals surface area contributed by atoms with E-state index in [1.54, 1.807) is 34.0 Å². The van der Waals surface area contributed by atoms with Crippen molar-refractivity contribution >= 4 is 56.7 Å². The van der Waals surface area contributed by atoms with E-state index >= 15 is 0 Å². The number of hydrogen-bond acceptors (Lipinski definition) is 5. The zero-order chi connectivity index (χ0) is 23.5. The molecule has 0 aromatic carbocycles. The molecule has 4 rings (SSSR count). The first kappa shape index (κ1) is 23.2. The lowest BCUT2D eigenvalue weighted by Crippen LogP contribution is -1.93. The first-order valence-electron chi connectivity index (χ1n) is 10.3. The average Bonchev–Trinajstić information content (AvgIpc) is 3.62. The Morgan fingerprint density at radius 3 is 1.70 bits per heavy atom. The Labute approximate surface area is 207 Å². The Bertz CT molecular complexity index is 1880. The Kier molecular flexibility index (Phi) is 6.94. The molecule has 0 saturated carbocycles. The van der Waals surface area contributed by atoms with Gasteiger partial charge in [0, 0.05) is 37.3 Å². The summed E-state index contributed by atoms with van der Waals surface area (Å²) in [6.45, 7) is 20.7. The first-order chi connectivity index (χ1) is 16.0. The fourth-order valence-electron chi connectivity index (χ4n) is 3.47. The van der Waals surface area contributed by atoms with Crippen LogP contribution in [0.5, 0.6) is 0 Å². The van der Waals surface area contributed by atoms with Crippen molar-refractivity contribution < 1.29 is 0 Å². The lowest BCUT2D eigenvalue weighted by Gasteiger charge is -1.86. The normalized spacial score (nSPS) is 14.8. The molecule has 7 heteroatoms. The third kappa shape index (κ3) is 4.44. The summed E-state index contributed by atoms with van der Waals surface area (Å²) in [5.41, 5.74) is 3.23. The second-order valence-corrected chi connectivity index (χ2v) is 11.5. The van der Waals surface area contributed by atoms with Crippen LogP contribution in [0.3, 0.4) is 0 Å². The van der Waals surface area contributed by atoms with Crippen LogP contribution < -0.4 is 9.06 Å². The number of aryl methyl sites for hydroxylation is 2. The minimum Gasteiger partial charge on any atom is -0.193 e. The summed E-state index contributed by atoms with van der Waals surface area (Å²) in [5, 5.41) is 9.27. The summed E-state index contributed by atoms with van der Waals surface area (Å²) < 4.78 is 9.07. The van der Waals surface area contributed by atoms with Crippen molar-refractivity contribution in [3.63, 3.8) is 0 Å². The van der Waals surface area contributed by atoms with Gasteiger partial charge in [-0.1, -0.05) is 13.8 Å². The van der Waals surface area contributed by atoms with Gasteiger partial charge in [-0.15, -0.1) is 45.3 Å². The molecule has 0 amide bonds. The van der Waals surface area contributed by atoms with Crippen molar-refractivity contribution in [2.45, 2.75) is 33.6 Å². The van der Waals surface area contributed by atoms with Gasteiger partial charge in [0.05, 0.1) is 6.07 Å². The van der Waals surface area contributed by atoms with Gasteiger partial charge in [-0.3, -0.25) is 0 Å². The largest absolute Gasteiger partial charge is 0.536 e. The predicted molar refractivity (Wildman–Crippen MR) is 140 cm³/mol. The number of nitrogens with zero attached hydrogens (tertiary/aromatic N) is 3. The summed E-state index contributed by atoms with van der Waals surface area (Å²) >= 11 is 6.78. The molecule has 0 atom stereocenters. The molecule has 0 unspecified atom stereocenters. The van der Waals surface area contributed by atoms with Gasteiger partial charge in [-0.05, 0) is 67.3 Å². The molecule has 0 aliphatic carbocycles. The van der Waals surface area contributed by atoms with E-state index in [0.29, 0.717) is 0 Å². The van der Waals surface area contributed by atoms with Gasteiger partial charge in [0.15, 0.2) is 0 Å². The number of nitriles is 1. The van der Waals surface area contributed by atoms with Crippen LogP contribution in [0.25, 0.3) is 21.1 Å². The molecule has 0 spiro atoms. The molecule has 33 heavy (non-hydrogen) atoms. The van der Waals surface area contributed by atoms with E-state index in [1.807, 2.05) is 13.0 Å². The molecule has 0 fully saturated rings. The predicted octanol–water partition coefficient (Wildman–Crippen LogP) is 6.52. The molecule has 4 aromatic rings. The number of thiophene rings is 4. The van der Waals surface area contributed by atoms with Crippen molar-refractivity contribution in [2.24, 2.45) is 0 Å². The van der Waals surface area contributed by atoms with Crippen molar-refractivity contribution in [3.05, 3.63) is 107 Å². The maximum absolute atomic E-state index is 9.27. The van der Waals surface area contributed by atoms with Crippen LogP contribution in [-0.4, -0.2) is 0 Å². The monoisotopic (exact) mass is 501 g/mol. The number of rotatable bonds is 2. The smallest absolute Gasteiger partial charge is 0.193 e. The Morgan fingerprint density at radius 2 is 1.24 bits per heavy atom. The summed E-state index contributed by atoms with van der Waals surface area (Å²) in [6, 6.07) is 15.1. The summed E-state index contributed by atoms with van der Waals surface area (Å²) in [5.74, 6) is 0.145. The third-order valence-corrected chi connectivity index (χ3v) is 10.4. The van der Waals surface area contributed by atoms with Gasteiger partial charge in [0.1, 0.15) is 17.7 Å². The van der Waals surface area contributed by atoms with E-state index in [0.717, 1.165) is 32.0 Å². The van der Waals surface area contributed by atoms with Gasteiger partial charge in [-0.25, -0.2) is 0 Å². The Balaban J connectivity index is 2.04. The van der Waals surface area contributed by atoms with Gasteiger partial charge in [-0.2, -0.15) is 15.0 Å². The number of hydrogen-bond donors (Lipinski definition) is 0. The SMILES string of the molecule is [C-]#[N+]C([N+]#[C-])=c1cc(CC)/c(=c2/cc/c(=c3/cc/c(=c4\s/c(=C(/C)C#N)cc4CC)s3)s2)s1. The fraction of sp³-hybridized carbons (Fsp3) is 0.192.